The van der Waals surface area contributed by atoms with Crippen molar-refractivity contribution in [3.05, 3.63) is 37.4 Å². The van der Waals surface area contributed by atoms with Crippen molar-refractivity contribution in [2.75, 3.05) is 49.1 Å². The number of ether oxygens (including phenoxy) is 1. The number of benzene rings is 1. The number of carbonyl (C=O) groups excluding carboxylic acids is 1. The van der Waals surface area contributed by atoms with Crippen LogP contribution in [0.15, 0.2) is 30.8 Å². The van der Waals surface area contributed by atoms with Crippen molar-refractivity contribution in [3.8, 4) is 0 Å². The van der Waals surface area contributed by atoms with Crippen LogP contribution in [0.2, 0.25) is 0 Å². The number of anilines is 2. The van der Waals surface area contributed by atoms with Gasteiger partial charge in [0.2, 0.25) is 0 Å². The van der Waals surface area contributed by atoms with E-state index in [0.29, 0.717) is 13.2 Å². The molecule has 0 aromatic heterocycles. The first kappa shape index (κ1) is 33.0. The SMILES string of the molecule is CC.CC.I.O=C1OCCN1c1ccc(N2CCN(C3CCCC3)CC2)cc1.[CH-]=C.[Y]. The van der Waals surface area contributed by atoms with Gasteiger partial charge in [-0.3, -0.25) is 16.4 Å². The van der Waals surface area contributed by atoms with Gasteiger partial charge in [0.1, 0.15) is 6.61 Å². The molecule has 2 heterocycles. The Balaban J connectivity index is 0. The van der Waals surface area contributed by atoms with Crippen LogP contribution in [0, 0.1) is 6.58 Å². The number of rotatable bonds is 3. The Morgan fingerprint density at radius 3 is 1.81 bits per heavy atom. The minimum absolute atomic E-state index is 0. The first-order chi connectivity index (χ1) is 14.3. The second-order valence-electron chi connectivity index (χ2n) is 6.74. The molecule has 0 spiro atoms. The molecule has 1 radical (unpaired) electrons. The normalized spacial score (nSPS) is 18.0. The van der Waals surface area contributed by atoms with Gasteiger partial charge >= 0.3 is 6.09 Å². The average molecular weight is 619 g/mol. The molecule has 3 aliphatic rings. The van der Waals surface area contributed by atoms with E-state index in [4.69, 9.17) is 4.74 Å². The van der Waals surface area contributed by atoms with Crippen LogP contribution in [0.5, 0.6) is 0 Å². The van der Waals surface area contributed by atoms with Crippen LogP contribution in [0.25, 0.3) is 0 Å². The average Bonchev–Trinajstić information content (AvgIpc) is 3.50. The molecule has 3 fully saturated rings. The molecule has 175 valence electrons. The van der Waals surface area contributed by atoms with Crippen LogP contribution in [-0.2, 0) is 37.4 Å². The van der Waals surface area contributed by atoms with Gasteiger partial charge in [0.05, 0.1) is 6.54 Å². The van der Waals surface area contributed by atoms with Gasteiger partial charge in [-0.05, 0) is 37.1 Å². The van der Waals surface area contributed by atoms with Crippen LogP contribution in [0.4, 0.5) is 16.2 Å². The molecule has 1 amide bonds. The second kappa shape index (κ2) is 19.3. The van der Waals surface area contributed by atoms with Crippen molar-refractivity contribution in [2.24, 2.45) is 0 Å². The van der Waals surface area contributed by atoms with E-state index in [-0.39, 0.29) is 62.8 Å². The maximum absolute atomic E-state index is 11.6. The summed E-state index contributed by atoms with van der Waals surface area (Å²) in [5.74, 6) is 0. The summed E-state index contributed by atoms with van der Waals surface area (Å²) < 4.78 is 5.00. The summed E-state index contributed by atoms with van der Waals surface area (Å²) in [5, 5.41) is 0. The number of amides is 1. The molecule has 1 aromatic rings. The van der Waals surface area contributed by atoms with Crippen molar-refractivity contribution in [1.82, 2.24) is 4.90 Å². The predicted octanol–water partition coefficient (Wildman–Crippen LogP) is 5.98. The Kier molecular flexibility index (Phi) is 20.6. The molecule has 1 aromatic carbocycles. The number of cyclic esters (lactones) is 1. The number of halogens is 1. The first-order valence-electron chi connectivity index (χ1n) is 11.3. The molecule has 7 heteroatoms. The summed E-state index contributed by atoms with van der Waals surface area (Å²) in [7, 11) is 0. The maximum Gasteiger partial charge on any atom is 0.414 e. The molecule has 2 aliphatic heterocycles. The molecule has 5 nitrogen and oxygen atoms in total. The molecule has 1 aliphatic carbocycles. The van der Waals surface area contributed by atoms with Crippen LogP contribution in [0.1, 0.15) is 53.4 Å². The molecule has 4 rings (SSSR count). The van der Waals surface area contributed by atoms with Crippen LogP contribution >= 0.6 is 24.0 Å². The number of hydrogen-bond donors (Lipinski definition) is 0. The third-order valence-electron chi connectivity index (χ3n) is 5.44. The maximum atomic E-state index is 11.6. The van der Waals surface area contributed by atoms with Crippen molar-refractivity contribution in [2.45, 2.75) is 59.4 Å². The topological polar surface area (TPSA) is 36.0 Å². The summed E-state index contributed by atoms with van der Waals surface area (Å²) >= 11 is 0. The fourth-order valence-electron chi connectivity index (χ4n) is 4.09. The van der Waals surface area contributed by atoms with E-state index in [1.54, 1.807) is 4.90 Å². The third kappa shape index (κ3) is 9.69. The monoisotopic (exact) mass is 619 g/mol. The van der Waals surface area contributed by atoms with Crippen LogP contribution < -0.4 is 9.80 Å². The minimum Gasteiger partial charge on any atom is -0.521 e. The van der Waals surface area contributed by atoms with Crippen LogP contribution in [0.3, 0.4) is 0 Å². The minimum atomic E-state index is -0.233. The van der Waals surface area contributed by atoms with E-state index < -0.39 is 0 Å². The van der Waals surface area contributed by atoms with Gasteiger partial charge in [0.25, 0.3) is 0 Å². The molecule has 0 bridgehead atoms. The second-order valence-corrected chi connectivity index (χ2v) is 6.74. The quantitative estimate of drug-likeness (QED) is 0.308. The molecule has 0 N–H and O–H groups in total. The fourth-order valence-corrected chi connectivity index (χ4v) is 4.09. The Bertz CT molecular complexity index is 575. The Morgan fingerprint density at radius 2 is 1.35 bits per heavy atom. The molecule has 0 atom stereocenters. The zero-order chi connectivity index (χ0) is 21.6. The van der Waals surface area contributed by atoms with E-state index in [9.17, 15) is 4.79 Å². The van der Waals surface area contributed by atoms with E-state index in [0.717, 1.165) is 24.8 Å². The predicted molar refractivity (Wildman–Crippen MR) is 139 cm³/mol. The molecular formula is C24H41IN3O2Y-. The molecule has 2 saturated heterocycles. The standard InChI is InChI=1S/C18H25N3O2.2C2H6.C2H3.HI.Y/c22-18-21(13-14-23-18)17-7-5-16(6-8-17)20-11-9-19(10-12-20)15-3-1-2-4-15;3*1-2;;/h5-8,15H,1-4,9-14H2;2*1-2H3;1H,2H2;1H;/q;;;-1;;. The number of hydrogen-bond acceptors (Lipinski definition) is 4. The number of piperazine rings is 1. The Morgan fingerprint density at radius 1 is 0.871 bits per heavy atom. The van der Waals surface area contributed by atoms with Crippen LogP contribution in [-0.4, -0.2) is 56.4 Å². The van der Waals surface area contributed by atoms with Gasteiger partial charge in [-0.15, -0.1) is 24.0 Å². The van der Waals surface area contributed by atoms with E-state index >= 15 is 0 Å². The van der Waals surface area contributed by atoms with Gasteiger partial charge in [0, 0.05) is 76.3 Å². The first-order valence-corrected chi connectivity index (χ1v) is 11.3. The van der Waals surface area contributed by atoms with E-state index in [2.05, 4.69) is 35.1 Å². The Labute approximate surface area is 232 Å². The third-order valence-corrected chi connectivity index (χ3v) is 5.44. The van der Waals surface area contributed by atoms with Gasteiger partial charge in [-0.25, -0.2) is 4.79 Å². The molecule has 1 saturated carbocycles. The summed E-state index contributed by atoms with van der Waals surface area (Å²) in [5.41, 5.74) is 2.19. The number of nitrogens with zero attached hydrogens (tertiary/aromatic N) is 3. The summed E-state index contributed by atoms with van der Waals surface area (Å²) in [6.07, 6.45) is 5.36. The van der Waals surface area contributed by atoms with E-state index in [1.807, 2.05) is 39.8 Å². The van der Waals surface area contributed by atoms with Gasteiger partial charge in [-0.1, -0.05) is 40.5 Å². The molecule has 31 heavy (non-hydrogen) atoms. The van der Waals surface area contributed by atoms with E-state index in [1.165, 1.54) is 44.5 Å². The largest absolute Gasteiger partial charge is 0.521 e. The van der Waals surface area contributed by atoms with Gasteiger partial charge < -0.3 is 16.2 Å². The van der Waals surface area contributed by atoms with Crippen molar-refractivity contribution >= 4 is 41.4 Å². The fraction of sp³-hybridized carbons (Fsp3) is 0.625. The van der Waals surface area contributed by atoms with Crippen molar-refractivity contribution < 1.29 is 42.2 Å². The van der Waals surface area contributed by atoms with Gasteiger partial charge in [-0.2, -0.15) is 0 Å². The number of carbonyl (C=O) groups is 1. The zero-order valence-corrected chi connectivity index (χ0v) is 25.1. The molecular weight excluding hydrogens is 578 g/mol. The summed E-state index contributed by atoms with van der Waals surface area (Å²) in [4.78, 5) is 18.4. The zero-order valence-electron chi connectivity index (χ0n) is 19.9. The van der Waals surface area contributed by atoms with Crippen molar-refractivity contribution in [1.29, 1.82) is 0 Å². The Hall–Kier alpha value is -0.176. The summed E-state index contributed by atoms with van der Waals surface area (Å²) in [6.45, 7) is 20.7. The van der Waals surface area contributed by atoms with Crippen molar-refractivity contribution in [3.63, 3.8) is 0 Å². The summed E-state index contributed by atoms with van der Waals surface area (Å²) in [6, 6.07) is 9.16. The smallest absolute Gasteiger partial charge is 0.414 e. The van der Waals surface area contributed by atoms with Gasteiger partial charge in [0.15, 0.2) is 0 Å². The molecule has 0 unspecified atom stereocenters.